The minimum absolute atomic E-state index is 0.0549. The number of nitrogens with one attached hydrogen (secondary N) is 1. The Bertz CT molecular complexity index is 1490. The van der Waals surface area contributed by atoms with Crippen LogP contribution < -0.4 is 10.9 Å². The Hall–Kier alpha value is -4.74. The zero-order valence-electron chi connectivity index (χ0n) is 19.4. The molecular formula is C24H22N8O4. The molecule has 36 heavy (non-hydrogen) atoms. The van der Waals surface area contributed by atoms with Gasteiger partial charge in [-0.1, -0.05) is 0 Å². The van der Waals surface area contributed by atoms with Gasteiger partial charge in [-0.15, -0.1) is 0 Å². The van der Waals surface area contributed by atoms with Gasteiger partial charge in [-0.05, 0) is 37.3 Å². The largest absolute Gasteiger partial charge is 0.450 e. The van der Waals surface area contributed by atoms with Gasteiger partial charge in [0.2, 0.25) is 0 Å². The van der Waals surface area contributed by atoms with Crippen LogP contribution in [0.3, 0.4) is 0 Å². The van der Waals surface area contributed by atoms with Crippen molar-refractivity contribution >= 4 is 23.0 Å². The molecule has 4 aromatic rings. The van der Waals surface area contributed by atoms with Gasteiger partial charge in [0, 0.05) is 31.5 Å². The molecule has 1 atom stereocenters. The second-order valence-electron chi connectivity index (χ2n) is 7.99. The van der Waals surface area contributed by atoms with Crippen molar-refractivity contribution in [3.63, 3.8) is 0 Å². The second-order valence-corrected chi connectivity index (χ2v) is 7.99. The van der Waals surface area contributed by atoms with Crippen molar-refractivity contribution in [1.29, 1.82) is 0 Å². The molecule has 0 saturated heterocycles. The Morgan fingerprint density at radius 2 is 1.94 bits per heavy atom. The SMILES string of the molecule is CCOC(=O)N1CCn2c(nc(-c3ccncn3)cc2=O)C(NC(=O)c2ccc3ncccc3n2)C1. The van der Waals surface area contributed by atoms with Gasteiger partial charge in [-0.2, -0.15) is 0 Å². The summed E-state index contributed by atoms with van der Waals surface area (Å²) in [5.41, 5.74) is 1.87. The molecule has 0 fully saturated rings. The molecule has 4 aromatic heterocycles. The van der Waals surface area contributed by atoms with E-state index in [0.717, 1.165) is 0 Å². The molecular weight excluding hydrogens is 464 g/mol. The van der Waals surface area contributed by atoms with Gasteiger partial charge in [-0.3, -0.25) is 19.1 Å². The molecule has 0 aliphatic carbocycles. The Morgan fingerprint density at radius 1 is 1.06 bits per heavy atom. The molecule has 2 amide bonds. The Morgan fingerprint density at radius 3 is 2.75 bits per heavy atom. The lowest BCUT2D eigenvalue weighted by atomic mass is 10.2. The van der Waals surface area contributed by atoms with E-state index in [4.69, 9.17) is 4.74 Å². The highest BCUT2D eigenvalue weighted by Crippen LogP contribution is 2.21. The van der Waals surface area contributed by atoms with E-state index in [-0.39, 0.29) is 37.5 Å². The first kappa shape index (κ1) is 23.0. The first-order valence-electron chi connectivity index (χ1n) is 11.4. The summed E-state index contributed by atoms with van der Waals surface area (Å²) in [5.74, 6) is -0.177. The normalized spacial score (nSPS) is 15.1. The number of hydrogen-bond donors (Lipinski definition) is 1. The summed E-state index contributed by atoms with van der Waals surface area (Å²) < 4.78 is 6.63. The van der Waals surface area contributed by atoms with Crippen molar-refractivity contribution in [2.75, 3.05) is 19.7 Å². The van der Waals surface area contributed by atoms with Crippen LogP contribution in [0.25, 0.3) is 22.4 Å². The highest BCUT2D eigenvalue weighted by molar-refractivity contribution is 5.94. The summed E-state index contributed by atoms with van der Waals surface area (Å²) >= 11 is 0. The minimum atomic E-state index is -0.815. The average molecular weight is 486 g/mol. The maximum atomic E-state index is 13.3. The van der Waals surface area contributed by atoms with Crippen molar-refractivity contribution < 1.29 is 14.3 Å². The quantitative estimate of drug-likeness (QED) is 0.454. The fraction of sp³-hybridized carbons (Fsp3) is 0.250. The lowest BCUT2D eigenvalue weighted by molar-refractivity contribution is 0.0886. The van der Waals surface area contributed by atoms with Crippen LogP contribution in [0.4, 0.5) is 4.79 Å². The third-order valence-corrected chi connectivity index (χ3v) is 5.71. The summed E-state index contributed by atoms with van der Waals surface area (Å²) in [6.45, 7) is 2.37. The van der Waals surface area contributed by atoms with Crippen LogP contribution in [0.5, 0.6) is 0 Å². The maximum absolute atomic E-state index is 13.3. The zero-order chi connectivity index (χ0) is 25.1. The predicted octanol–water partition coefficient (Wildman–Crippen LogP) is 1.59. The summed E-state index contributed by atoms with van der Waals surface area (Å²) in [5, 5.41) is 2.90. The van der Waals surface area contributed by atoms with Gasteiger partial charge in [0.1, 0.15) is 23.9 Å². The minimum Gasteiger partial charge on any atom is -0.450 e. The van der Waals surface area contributed by atoms with Crippen LogP contribution in [0, 0.1) is 0 Å². The van der Waals surface area contributed by atoms with E-state index in [9.17, 15) is 14.4 Å². The first-order chi connectivity index (χ1) is 17.5. The number of hydrogen-bond acceptors (Lipinski definition) is 9. The molecule has 1 unspecified atom stereocenters. The molecule has 1 aliphatic heterocycles. The van der Waals surface area contributed by atoms with Crippen LogP contribution in [-0.2, 0) is 11.3 Å². The Labute approximate surface area is 205 Å². The number of amides is 2. The molecule has 0 saturated carbocycles. The van der Waals surface area contributed by atoms with E-state index in [1.54, 1.807) is 49.6 Å². The number of fused-ring (bicyclic) bond motifs is 2. The highest BCUT2D eigenvalue weighted by atomic mass is 16.6. The van der Waals surface area contributed by atoms with Crippen molar-refractivity contribution in [2.24, 2.45) is 0 Å². The van der Waals surface area contributed by atoms with E-state index in [1.165, 1.54) is 21.9 Å². The van der Waals surface area contributed by atoms with Gasteiger partial charge >= 0.3 is 6.09 Å². The third kappa shape index (κ3) is 4.60. The van der Waals surface area contributed by atoms with Crippen LogP contribution in [-0.4, -0.2) is 66.1 Å². The molecule has 0 radical (unpaired) electrons. The average Bonchev–Trinajstić information content (AvgIpc) is 3.09. The number of rotatable bonds is 4. The number of ether oxygens (including phenoxy) is 1. The second kappa shape index (κ2) is 9.86. The van der Waals surface area contributed by atoms with Crippen LogP contribution in [0.1, 0.15) is 29.3 Å². The molecule has 0 bridgehead atoms. The number of carbonyl (C=O) groups is 2. The molecule has 1 aliphatic rings. The van der Waals surface area contributed by atoms with Crippen LogP contribution >= 0.6 is 0 Å². The fourth-order valence-corrected chi connectivity index (χ4v) is 4.01. The van der Waals surface area contributed by atoms with Gasteiger partial charge in [0.15, 0.2) is 0 Å². The molecule has 182 valence electrons. The van der Waals surface area contributed by atoms with Crippen LogP contribution in [0.2, 0.25) is 0 Å². The van der Waals surface area contributed by atoms with E-state index < -0.39 is 18.0 Å². The summed E-state index contributed by atoms with van der Waals surface area (Å²) in [7, 11) is 0. The fourth-order valence-electron chi connectivity index (χ4n) is 4.01. The summed E-state index contributed by atoms with van der Waals surface area (Å²) in [4.78, 5) is 61.7. The first-order valence-corrected chi connectivity index (χ1v) is 11.4. The van der Waals surface area contributed by atoms with Crippen molar-refractivity contribution in [2.45, 2.75) is 19.5 Å². The van der Waals surface area contributed by atoms with E-state index in [2.05, 4.69) is 30.2 Å². The van der Waals surface area contributed by atoms with Crippen molar-refractivity contribution in [3.8, 4) is 11.4 Å². The lowest BCUT2D eigenvalue weighted by Crippen LogP contribution is -2.41. The van der Waals surface area contributed by atoms with Crippen molar-refractivity contribution in [3.05, 3.63) is 77.0 Å². The van der Waals surface area contributed by atoms with E-state index >= 15 is 0 Å². The summed E-state index contributed by atoms with van der Waals surface area (Å²) in [6, 6.07) is 8.98. The van der Waals surface area contributed by atoms with Gasteiger partial charge in [0.25, 0.3) is 11.5 Å². The standard InChI is InChI=1S/C24H22N8O4/c1-2-36-24(35)31-10-11-32-21(33)12-19(16-7-9-25-14-27-16)29-22(32)20(13-31)30-23(34)18-6-5-15-17(28-18)4-3-8-26-15/h3-9,12,14,20H,2,10-11,13H2,1H3,(H,30,34). The summed E-state index contributed by atoms with van der Waals surface area (Å²) in [6.07, 6.45) is 4.02. The molecule has 5 heterocycles. The molecule has 12 heteroatoms. The van der Waals surface area contributed by atoms with Gasteiger partial charge < -0.3 is 15.0 Å². The van der Waals surface area contributed by atoms with Gasteiger partial charge in [0.05, 0.1) is 35.6 Å². The van der Waals surface area contributed by atoms with Crippen LogP contribution in [0.15, 0.2) is 59.9 Å². The third-order valence-electron chi connectivity index (χ3n) is 5.71. The Kier molecular flexibility index (Phi) is 6.31. The van der Waals surface area contributed by atoms with Crippen molar-refractivity contribution in [1.82, 2.24) is 39.7 Å². The monoisotopic (exact) mass is 486 g/mol. The molecule has 1 N–H and O–H groups in total. The predicted molar refractivity (Wildman–Crippen MR) is 128 cm³/mol. The molecule has 0 spiro atoms. The number of aromatic nitrogens is 6. The number of nitrogens with zero attached hydrogens (tertiary/aromatic N) is 7. The molecule has 5 rings (SSSR count). The highest BCUT2D eigenvalue weighted by Gasteiger charge is 2.31. The zero-order valence-corrected chi connectivity index (χ0v) is 19.4. The Balaban J connectivity index is 1.54. The van der Waals surface area contributed by atoms with Gasteiger partial charge in [-0.25, -0.2) is 24.7 Å². The number of pyridine rings is 2. The smallest absolute Gasteiger partial charge is 0.409 e. The van der Waals surface area contributed by atoms with E-state index in [1.807, 2.05) is 0 Å². The molecule has 12 nitrogen and oxygen atoms in total. The van der Waals surface area contributed by atoms with E-state index in [0.29, 0.717) is 28.2 Å². The number of carbonyl (C=O) groups excluding carboxylic acids is 2. The lowest BCUT2D eigenvalue weighted by Gasteiger charge is -2.24. The topological polar surface area (TPSA) is 145 Å². The molecule has 0 aromatic carbocycles. The maximum Gasteiger partial charge on any atom is 0.409 e.